The van der Waals surface area contributed by atoms with Gasteiger partial charge in [-0.3, -0.25) is 4.79 Å². The zero-order chi connectivity index (χ0) is 13.1. The van der Waals surface area contributed by atoms with Crippen molar-refractivity contribution in [3.8, 4) is 0 Å². The number of amides is 1. The second kappa shape index (κ2) is 5.57. The summed E-state index contributed by atoms with van der Waals surface area (Å²) in [6.07, 6.45) is 3.02. The van der Waals surface area contributed by atoms with Crippen LogP contribution in [0.3, 0.4) is 0 Å². The van der Waals surface area contributed by atoms with Crippen molar-refractivity contribution in [1.29, 1.82) is 0 Å². The highest BCUT2D eigenvalue weighted by Gasteiger charge is 2.25. The number of hydrogen-bond donors (Lipinski definition) is 1. The molecule has 1 atom stereocenters. The van der Waals surface area contributed by atoms with Crippen LogP contribution in [0.4, 0.5) is 0 Å². The summed E-state index contributed by atoms with van der Waals surface area (Å²) in [7, 11) is 1.95. The highest BCUT2D eigenvalue weighted by molar-refractivity contribution is 5.91. The van der Waals surface area contributed by atoms with Crippen LogP contribution in [0.2, 0.25) is 0 Å². The number of furan rings is 1. The van der Waals surface area contributed by atoms with Crippen molar-refractivity contribution in [3.05, 3.63) is 23.2 Å². The number of rotatable bonds is 3. The molecule has 0 radical (unpaired) electrons. The Morgan fingerprint density at radius 3 is 3.00 bits per heavy atom. The van der Waals surface area contributed by atoms with E-state index in [-0.39, 0.29) is 5.91 Å². The number of carbonyl (C=O) groups is 1. The minimum Gasteiger partial charge on any atom is -0.456 e. The van der Waals surface area contributed by atoms with Gasteiger partial charge in [-0.15, -0.1) is 0 Å². The molecule has 100 valence electrons. The van der Waals surface area contributed by atoms with E-state index < -0.39 is 0 Å². The lowest BCUT2D eigenvalue weighted by Crippen LogP contribution is -2.46. The van der Waals surface area contributed by atoms with Crippen LogP contribution >= 0.6 is 0 Å². The van der Waals surface area contributed by atoms with E-state index in [1.165, 1.54) is 0 Å². The van der Waals surface area contributed by atoms with Gasteiger partial charge in [0.25, 0.3) is 5.91 Å². The molecule has 18 heavy (non-hydrogen) atoms. The Morgan fingerprint density at radius 1 is 1.61 bits per heavy atom. The van der Waals surface area contributed by atoms with Gasteiger partial charge in [0.15, 0.2) is 5.76 Å². The molecular weight excluding hydrogens is 228 g/mol. The smallest absolute Gasteiger partial charge is 0.289 e. The number of nitrogens with one attached hydrogen (secondary N) is 1. The molecule has 2 rings (SSSR count). The maximum absolute atomic E-state index is 12.3. The number of aryl methyl sites for hydroxylation is 2. The molecule has 1 saturated heterocycles. The van der Waals surface area contributed by atoms with Crippen LogP contribution in [0.15, 0.2) is 10.5 Å². The predicted octanol–water partition coefficient (Wildman–Crippen LogP) is 1.97. The van der Waals surface area contributed by atoms with Crippen molar-refractivity contribution in [3.63, 3.8) is 0 Å². The summed E-state index contributed by atoms with van der Waals surface area (Å²) >= 11 is 0. The largest absolute Gasteiger partial charge is 0.456 e. The number of likely N-dealkylation sites (N-methyl/N-ethyl adjacent to an activating group) is 1. The SMILES string of the molecule is CCc1oc(C(=O)N2CCCC(NC)C2)cc1C. The van der Waals surface area contributed by atoms with Crippen molar-refractivity contribution in [1.82, 2.24) is 10.2 Å². The molecule has 4 heteroatoms. The van der Waals surface area contributed by atoms with Crippen LogP contribution in [0.1, 0.15) is 41.6 Å². The topological polar surface area (TPSA) is 45.5 Å². The Labute approximate surface area is 108 Å². The van der Waals surface area contributed by atoms with Gasteiger partial charge in [-0.25, -0.2) is 0 Å². The van der Waals surface area contributed by atoms with Gasteiger partial charge in [0.05, 0.1) is 0 Å². The quantitative estimate of drug-likeness (QED) is 0.892. The third kappa shape index (κ3) is 2.58. The monoisotopic (exact) mass is 250 g/mol. The molecule has 1 aromatic heterocycles. The number of piperidine rings is 1. The Bertz CT molecular complexity index is 425. The Kier molecular flexibility index (Phi) is 4.07. The van der Waals surface area contributed by atoms with Gasteiger partial charge in [-0.05, 0) is 38.4 Å². The summed E-state index contributed by atoms with van der Waals surface area (Å²) < 4.78 is 5.64. The normalized spacial score (nSPS) is 20.2. The predicted molar refractivity (Wildman–Crippen MR) is 70.8 cm³/mol. The summed E-state index contributed by atoms with van der Waals surface area (Å²) in [5.41, 5.74) is 1.07. The fourth-order valence-electron chi connectivity index (χ4n) is 2.53. The maximum Gasteiger partial charge on any atom is 0.289 e. The van der Waals surface area contributed by atoms with Gasteiger partial charge >= 0.3 is 0 Å². The Hall–Kier alpha value is -1.29. The molecular formula is C14H22N2O2. The van der Waals surface area contributed by atoms with E-state index in [1.807, 2.05) is 31.9 Å². The standard InChI is InChI=1S/C14H22N2O2/c1-4-12-10(2)8-13(18-12)14(17)16-7-5-6-11(9-16)15-3/h8,11,15H,4-7,9H2,1-3H3. The van der Waals surface area contributed by atoms with E-state index >= 15 is 0 Å². The van der Waals surface area contributed by atoms with Crippen LogP contribution in [0.5, 0.6) is 0 Å². The first-order valence-corrected chi connectivity index (χ1v) is 6.71. The molecule has 0 spiro atoms. The maximum atomic E-state index is 12.3. The summed E-state index contributed by atoms with van der Waals surface area (Å²) in [6.45, 7) is 5.64. The molecule has 1 N–H and O–H groups in total. The van der Waals surface area contributed by atoms with E-state index in [2.05, 4.69) is 5.32 Å². The molecule has 4 nitrogen and oxygen atoms in total. The molecule has 0 aromatic carbocycles. The second-order valence-corrected chi connectivity index (χ2v) is 4.95. The highest BCUT2D eigenvalue weighted by Crippen LogP contribution is 2.19. The minimum atomic E-state index is 0.0257. The average Bonchev–Trinajstić information content (AvgIpc) is 2.79. The van der Waals surface area contributed by atoms with Crippen LogP contribution in [0.25, 0.3) is 0 Å². The average molecular weight is 250 g/mol. The van der Waals surface area contributed by atoms with Crippen molar-refractivity contribution < 1.29 is 9.21 Å². The van der Waals surface area contributed by atoms with E-state index in [1.54, 1.807) is 0 Å². The summed E-state index contributed by atoms with van der Waals surface area (Å²) in [5, 5.41) is 3.24. The third-order valence-electron chi connectivity index (χ3n) is 3.67. The second-order valence-electron chi connectivity index (χ2n) is 4.95. The fraction of sp³-hybridized carbons (Fsp3) is 0.643. The van der Waals surface area contributed by atoms with Gasteiger partial charge < -0.3 is 14.6 Å². The third-order valence-corrected chi connectivity index (χ3v) is 3.67. The van der Waals surface area contributed by atoms with Gasteiger partial charge in [0, 0.05) is 25.6 Å². The lowest BCUT2D eigenvalue weighted by Gasteiger charge is -2.31. The van der Waals surface area contributed by atoms with E-state index in [0.29, 0.717) is 11.8 Å². The molecule has 1 fully saturated rings. The molecule has 1 aliphatic heterocycles. The number of likely N-dealkylation sites (tertiary alicyclic amines) is 1. The lowest BCUT2D eigenvalue weighted by molar-refractivity contribution is 0.0664. The van der Waals surface area contributed by atoms with Crippen LogP contribution in [0, 0.1) is 6.92 Å². The molecule has 1 unspecified atom stereocenters. The van der Waals surface area contributed by atoms with Crippen molar-refractivity contribution >= 4 is 5.91 Å². The molecule has 2 heterocycles. The molecule has 0 bridgehead atoms. The number of nitrogens with zero attached hydrogens (tertiary/aromatic N) is 1. The summed E-state index contributed by atoms with van der Waals surface area (Å²) in [6, 6.07) is 2.27. The van der Waals surface area contributed by atoms with E-state index in [0.717, 1.165) is 43.7 Å². The van der Waals surface area contributed by atoms with Crippen molar-refractivity contribution in [2.75, 3.05) is 20.1 Å². The zero-order valence-electron chi connectivity index (χ0n) is 11.5. The van der Waals surface area contributed by atoms with E-state index in [9.17, 15) is 4.79 Å². The Balaban J connectivity index is 2.10. The first kappa shape index (κ1) is 13.1. The van der Waals surface area contributed by atoms with Crippen molar-refractivity contribution in [2.24, 2.45) is 0 Å². The summed E-state index contributed by atoms with van der Waals surface area (Å²) in [4.78, 5) is 14.2. The highest BCUT2D eigenvalue weighted by atomic mass is 16.4. The van der Waals surface area contributed by atoms with E-state index in [4.69, 9.17) is 4.42 Å². The minimum absolute atomic E-state index is 0.0257. The molecule has 1 aromatic rings. The first-order valence-electron chi connectivity index (χ1n) is 6.71. The first-order chi connectivity index (χ1) is 8.65. The fourth-order valence-corrected chi connectivity index (χ4v) is 2.53. The van der Waals surface area contributed by atoms with Gasteiger partial charge in [-0.1, -0.05) is 6.92 Å². The van der Waals surface area contributed by atoms with Crippen LogP contribution in [-0.4, -0.2) is 37.0 Å². The molecule has 0 saturated carbocycles. The number of hydrogen-bond acceptors (Lipinski definition) is 3. The van der Waals surface area contributed by atoms with Crippen molar-refractivity contribution in [2.45, 2.75) is 39.2 Å². The van der Waals surface area contributed by atoms with Gasteiger partial charge in [-0.2, -0.15) is 0 Å². The van der Waals surface area contributed by atoms with Crippen LogP contribution in [-0.2, 0) is 6.42 Å². The summed E-state index contributed by atoms with van der Waals surface area (Å²) in [5.74, 6) is 1.43. The zero-order valence-corrected chi connectivity index (χ0v) is 11.5. The molecule has 1 aliphatic rings. The molecule has 1 amide bonds. The molecule has 0 aliphatic carbocycles. The van der Waals surface area contributed by atoms with Crippen LogP contribution < -0.4 is 5.32 Å². The van der Waals surface area contributed by atoms with Gasteiger partial charge in [0.1, 0.15) is 5.76 Å². The number of carbonyl (C=O) groups excluding carboxylic acids is 1. The van der Waals surface area contributed by atoms with Gasteiger partial charge in [0.2, 0.25) is 0 Å². The Morgan fingerprint density at radius 2 is 2.39 bits per heavy atom. The lowest BCUT2D eigenvalue weighted by atomic mass is 10.1.